The van der Waals surface area contributed by atoms with E-state index in [2.05, 4.69) is 31.4 Å². The summed E-state index contributed by atoms with van der Waals surface area (Å²) >= 11 is 0. The summed E-state index contributed by atoms with van der Waals surface area (Å²) in [6, 6.07) is -1.16. The highest BCUT2D eigenvalue weighted by Gasteiger charge is 2.34. The molecule has 0 saturated heterocycles. The molecule has 25 nitrogen and oxygen atoms in total. The van der Waals surface area contributed by atoms with E-state index in [0.717, 1.165) is 80.4 Å². The van der Waals surface area contributed by atoms with Crippen molar-refractivity contribution in [3.05, 3.63) is 0 Å². The molecule has 0 aliphatic carbocycles. The summed E-state index contributed by atoms with van der Waals surface area (Å²) in [5.74, 6) is -9.10. The number of amides is 1. The lowest BCUT2D eigenvalue weighted by molar-refractivity contribution is -0.150. The number of ketones is 1. The van der Waals surface area contributed by atoms with Crippen LogP contribution in [0.15, 0.2) is 0 Å². The molecule has 2 unspecified atom stereocenters. The van der Waals surface area contributed by atoms with Gasteiger partial charge in [-0.3, -0.25) is 72.9 Å². The van der Waals surface area contributed by atoms with Gasteiger partial charge in [-0.05, 0) is 32.1 Å². The monoisotopic (exact) mass is 1530 g/mol. The van der Waals surface area contributed by atoms with Crippen LogP contribution in [0.2, 0.25) is 0 Å². The van der Waals surface area contributed by atoms with Gasteiger partial charge in [-0.25, -0.2) is 0 Å². The molecule has 107 heavy (non-hydrogen) atoms. The van der Waals surface area contributed by atoms with Gasteiger partial charge in [0.2, 0.25) is 5.91 Å². The largest absolute Gasteiger partial charge is 0.480 e. The van der Waals surface area contributed by atoms with Crippen molar-refractivity contribution in [3.63, 3.8) is 0 Å². The van der Waals surface area contributed by atoms with E-state index in [4.69, 9.17) is 14.2 Å². The molecule has 0 aliphatic heterocycles. The molecule has 0 aromatic carbocycles. The smallest absolute Gasteiger partial charge is 0.317 e. The second-order valence-electron chi connectivity index (χ2n) is 30.2. The SMILES string of the molecule is CCCCCCCCCCCCCCCCCC(=O)NCC(COCCCCCCCC(=O)OCC(CN(CCN(CCN(CC(=O)O)CC(=O)O)CC(=O)O)CC(=O)O)N(CC(=O)O)CC(=O)O)(COC(=O)CCCCCCCCCCCCCCC)NCC(=O)CCCCCCCCCCCCCCC. The zero-order valence-corrected chi connectivity index (χ0v) is 67.2. The second-order valence-corrected chi connectivity index (χ2v) is 30.2. The normalized spacial score (nSPS) is 12.4. The molecule has 2 atom stereocenters. The Morgan fingerprint density at radius 1 is 0.336 bits per heavy atom. The molecular formula is C82H152N6O19. The van der Waals surface area contributed by atoms with Crippen LogP contribution in [-0.2, 0) is 62.2 Å². The number of aliphatic carboxylic acids is 6. The molecule has 0 aromatic heterocycles. The molecule has 0 rings (SSSR count). The van der Waals surface area contributed by atoms with Crippen molar-refractivity contribution in [2.45, 2.75) is 353 Å². The molecule has 0 aliphatic rings. The number of carbonyl (C=O) groups excluding carboxylic acids is 4. The number of unbranched alkanes of at least 4 members (excludes halogenated alkanes) is 42. The van der Waals surface area contributed by atoms with Crippen molar-refractivity contribution in [1.82, 2.24) is 30.2 Å². The highest BCUT2D eigenvalue weighted by Crippen LogP contribution is 2.19. The van der Waals surface area contributed by atoms with Gasteiger partial charge in [0.15, 0.2) is 0 Å². The fraction of sp³-hybridized carbons (Fsp3) is 0.878. The Morgan fingerprint density at radius 2 is 0.645 bits per heavy atom. The van der Waals surface area contributed by atoms with Crippen LogP contribution >= 0.6 is 0 Å². The molecule has 0 fully saturated rings. The molecule has 0 spiro atoms. The molecule has 0 heterocycles. The Morgan fingerprint density at radius 3 is 1.03 bits per heavy atom. The van der Waals surface area contributed by atoms with Crippen molar-refractivity contribution >= 4 is 59.4 Å². The third-order valence-corrected chi connectivity index (χ3v) is 19.9. The van der Waals surface area contributed by atoms with E-state index in [1.165, 1.54) is 196 Å². The highest BCUT2D eigenvalue weighted by atomic mass is 16.5. The van der Waals surface area contributed by atoms with Gasteiger partial charge < -0.3 is 50.2 Å². The zero-order valence-electron chi connectivity index (χ0n) is 67.2. The molecule has 624 valence electrons. The minimum Gasteiger partial charge on any atom is -0.480 e. The van der Waals surface area contributed by atoms with E-state index >= 15 is 0 Å². The molecule has 0 radical (unpaired) electrons. The number of nitrogens with one attached hydrogen (secondary N) is 2. The lowest BCUT2D eigenvalue weighted by Crippen LogP contribution is -2.61. The summed E-state index contributed by atoms with van der Waals surface area (Å²) in [5, 5.41) is 64.2. The molecule has 1 amide bonds. The molecular weight excluding hydrogens is 1370 g/mol. The highest BCUT2D eigenvalue weighted by molar-refractivity contribution is 5.80. The minimum atomic E-state index is -1.41. The first-order chi connectivity index (χ1) is 51.6. The fourth-order valence-corrected chi connectivity index (χ4v) is 13.4. The molecule has 0 saturated carbocycles. The number of esters is 2. The first kappa shape index (κ1) is 102. The quantitative estimate of drug-likeness (QED) is 0.0207. The maximum Gasteiger partial charge on any atom is 0.317 e. The predicted molar refractivity (Wildman–Crippen MR) is 420 cm³/mol. The minimum absolute atomic E-state index is 0.0239. The Labute approximate surface area is 644 Å². The predicted octanol–water partition coefficient (Wildman–Crippen LogP) is 14.8. The summed E-state index contributed by atoms with van der Waals surface area (Å²) in [6.45, 7) is 1.48. The average molecular weight is 1530 g/mol. The lowest BCUT2D eigenvalue weighted by atomic mass is 10.00. The van der Waals surface area contributed by atoms with Gasteiger partial charge in [0.1, 0.15) is 19.0 Å². The maximum atomic E-state index is 13.7. The molecule has 8 N–H and O–H groups in total. The number of nitrogens with zero attached hydrogens (tertiary/aromatic N) is 4. The Hall–Kier alpha value is -5.34. The van der Waals surface area contributed by atoms with Crippen LogP contribution in [0.4, 0.5) is 0 Å². The van der Waals surface area contributed by atoms with Crippen molar-refractivity contribution in [2.75, 3.05) is 112 Å². The van der Waals surface area contributed by atoms with Crippen molar-refractivity contribution in [3.8, 4) is 0 Å². The third kappa shape index (κ3) is 68.4. The number of carboxylic acids is 6. The van der Waals surface area contributed by atoms with E-state index in [1.54, 1.807) is 0 Å². The summed E-state index contributed by atoms with van der Waals surface area (Å²) in [4.78, 5) is 130. The van der Waals surface area contributed by atoms with Crippen LogP contribution in [0.25, 0.3) is 0 Å². The number of Topliss-reactive ketones (excluding diaryl/α,β-unsaturated/α-hetero) is 1. The van der Waals surface area contributed by atoms with Crippen LogP contribution in [0.5, 0.6) is 0 Å². The molecule has 0 aromatic rings. The third-order valence-electron chi connectivity index (χ3n) is 19.9. The Kier molecular flexibility index (Phi) is 68.6. The molecule has 25 heteroatoms. The summed E-state index contributed by atoms with van der Waals surface area (Å²) in [5.41, 5.74) is -1.10. The van der Waals surface area contributed by atoms with Crippen LogP contribution < -0.4 is 10.6 Å². The molecule has 0 bridgehead atoms. The second kappa shape index (κ2) is 72.2. The summed E-state index contributed by atoms with van der Waals surface area (Å²) in [6.07, 6.45) is 53.4. The van der Waals surface area contributed by atoms with Crippen molar-refractivity contribution < 1.29 is 92.8 Å². The number of carbonyl (C=O) groups is 10. The fourth-order valence-electron chi connectivity index (χ4n) is 13.4. The average Bonchev–Trinajstić information content (AvgIpc) is 0.860. The van der Waals surface area contributed by atoms with Crippen LogP contribution in [0.3, 0.4) is 0 Å². The van der Waals surface area contributed by atoms with Gasteiger partial charge in [0, 0.05) is 71.6 Å². The number of rotatable bonds is 84. The van der Waals surface area contributed by atoms with E-state index in [9.17, 15) is 78.6 Å². The topological polar surface area (TPSA) is 357 Å². The van der Waals surface area contributed by atoms with Gasteiger partial charge in [0.05, 0.1) is 64.0 Å². The number of ether oxygens (including phenoxy) is 3. The van der Waals surface area contributed by atoms with Gasteiger partial charge in [-0.1, -0.05) is 284 Å². The first-order valence-corrected chi connectivity index (χ1v) is 42.3. The summed E-state index contributed by atoms with van der Waals surface area (Å²) in [7, 11) is 0. The van der Waals surface area contributed by atoms with E-state index in [-0.39, 0.29) is 89.5 Å². The van der Waals surface area contributed by atoms with Gasteiger partial charge in [-0.15, -0.1) is 0 Å². The Bertz CT molecular complexity index is 2200. The van der Waals surface area contributed by atoms with Gasteiger partial charge in [-0.2, -0.15) is 0 Å². The van der Waals surface area contributed by atoms with E-state index < -0.39 is 99.2 Å². The van der Waals surface area contributed by atoms with E-state index in [0.29, 0.717) is 58.0 Å². The van der Waals surface area contributed by atoms with Crippen LogP contribution in [0, 0.1) is 0 Å². The van der Waals surface area contributed by atoms with Crippen molar-refractivity contribution in [2.24, 2.45) is 0 Å². The lowest BCUT2D eigenvalue weighted by Gasteiger charge is -2.34. The first-order valence-electron chi connectivity index (χ1n) is 42.3. The van der Waals surface area contributed by atoms with E-state index in [1.807, 2.05) is 0 Å². The number of hydrogen-bond donors (Lipinski definition) is 8. The summed E-state index contributed by atoms with van der Waals surface area (Å²) < 4.78 is 18.0. The zero-order chi connectivity index (χ0) is 79.1. The van der Waals surface area contributed by atoms with Gasteiger partial charge in [0.25, 0.3) is 0 Å². The van der Waals surface area contributed by atoms with Crippen LogP contribution in [0.1, 0.15) is 342 Å². The standard InChI is InChI=1S/C82H152N6O19/c1-4-7-10-13-16-19-22-25-26-29-31-34-37-41-46-51-73(90)83-68-82(70-107-81(104)53-48-42-38-35-32-28-24-21-18-15-12-9-6-3,84-59-72(89)50-45-40-36-33-30-27-23-20-17-14-11-8-5-2)69-105-58-49-44-39-43-47-52-80(103)106-67-71(88(65-78(99)100)66-79(101)102)60-86(62-75(93)94)56-54-85(61-74(91)92)55-57-87(63-76(95)96)64-77(97)98/h71,84H,4-70H2,1-3H3,(H,83,90)(H,91,92)(H,93,94)(H,95,96)(H,97,98)(H,99,100)(H,101,102). The number of hydrogen-bond acceptors (Lipinski definition) is 18. The number of carboxylic acid groups (broad SMARTS) is 6. The van der Waals surface area contributed by atoms with Crippen molar-refractivity contribution in [1.29, 1.82) is 0 Å². The van der Waals surface area contributed by atoms with Gasteiger partial charge >= 0.3 is 47.8 Å². The maximum absolute atomic E-state index is 13.7. The Balaban J connectivity index is 6.10. The van der Waals surface area contributed by atoms with Crippen LogP contribution in [-0.4, -0.2) is 233 Å².